The van der Waals surface area contributed by atoms with Crippen molar-refractivity contribution >= 4 is 17.5 Å². The summed E-state index contributed by atoms with van der Waals surface area (Å²) in [4.78, 5) is 12.9. The van der Waals surface area contributed by atoms with Crippen LogP contribution in [0.3, 0.4) is 0 Å². The van der Waals surface area contributed by atoms with Crippen molar-refractivity contribution in [3.05, 3.63) is 29.8 Å². The van der Waals surface area contributed by atoms with Gasteiger partial charge < -0.3 is 0 Å². The maximum atomic E-state index is 11.7. The monoisotopic (exact) mass is 250 g/mol. The molecule has 0 aliphatic heterocycles. The van der Waals surface area contributed by atoms with E-state index in [9.17, 15) is 4.79 Å². The summed E-state index contributed by atoms with van der Waals surface area (Å²) in [5.74, 6) is 1.69. The second kappa shape index (κ2) is 7.54. The predicted octanol–water partition coefficient (Wildman–Crippen LogP) is 4.48. The average Bonchev–Trinajstić information content (AvgIpc) is 2.26. The van der Waals surface area contributed by atoms with Crippen LogP contribution >= 0.6 is 11.8 Å². The number of carbonyl (C=O) groups is 1. The van der Waals surface area contributed by atoms with Crippen LogP contribution in [0.1, 0.15) is 38.7 Å². The molecule has 0 amide bonds. The van der Waals surface area contributed by atoms with Crippen molar-refractivity contribution < 1.29 is 4.79 Å². The van der Waals surface area contributed by atoms with Gasteiger partial charge in [0.2, 0.25) is 0 Å². The lowest BCUT2D eigenvalue weighted by Crippen LogP contribution is -2.02. The smallest absolute Gasteiger partial charge is 0.143 e. The van der Waals surface area contributed by atoms with Gasteiger partial charge in [0.15, 0.2) is 0 Å². The molecule has 0 aromatic heterocycles. The van der Waals surface area contributed by atoms with E-state index in [0.717, 1.165) is 19.3 Å². The summed E-state index contributed by atoms with van der Waals surface area (Å²) >= 11 is 1.65. The molecule has 0 heterocycles. The van der Waals surface area contributed by atoms with Crippen molar-refractivity contribution in [2.45, 2.75) is 44.9 Å². The maximum Gasteiger partial charge on any atom is 0.143 e. The van der Waals surface area contributed by atoms with Crippen LogP contribution in [0, 0.1) is 12.8 Å². The van der Waals surface area contributed by atoms with Crippen LogP contribution in [0.15, 0.2) is 29.2 Å². The van der Waals surface area contributed by atoms with Gasteiger partial charge in [0, 0.05) is 11.3 Å². The minimum absolute atomic E-state index is 0.372. The first kappa shape index (κ1) is 14.3. The van der Waals surface area contributed by atoms with Crippen molar-refractivity contribution in [1.29, 1.82) is 0 Å². The number of benzene rings is 1. The SMILES string of the molecule is Cc1cccc(SCC(=O)CCCC(C)C)c1. The third-order valence-electron chi connectivity index (χ3n) is 2.63. The summed E-state index contributed by atoms with van der Waals surface area (Å²) in [7, 11) is 0. The molecule has 1 rings (SSSR count). The number of aryl methyl sites for hydroxylation is 1. The van der Waals surface area contributed by atoms with E-state index < -0.39 is 0 Å². The molecule has 0 atom stereocenters. The molecule has 94 valence electrons. The van der Waals surface area contributed by atoms with Crippen LogP contribution in [-0.2, 0) is 4.79 Å². The first-order chi connectivity index (χ1) is 8.08. The van der Waals surface area contributed by atoms with Crippen molar-refractivity contribution in [1.82, 2.24) is 0 Å². The van der Waals surface area contributed by atoms with Gasteiger partial charge in [0.05, 0.1) is 5.75 Å². The lowest BCUT2D eigenvalue weighted by atomic mass is 10.1. The van der Waals surface area contributed by atoms with Crippen LogP contribution in [0.25, 0.3) is 0 Å². The third-order valence-corrected chi connectivity index (χ3v) is 3.68. The molecule has 0 aliphatic rings. The second-order valence-corrected chi connectivity index (χ2v) is 5.98. The van der Waals surface area contributed by atoms with E-state index in [0.29, 0.717) is 17.5 Å². The molecule has 1 nitrogen and oxygen atoms in total. The topological polar surface area (TPSA) is 17.1 Å². The normalized spacial score (nSPS) is 10.8. The third kappa shape index (κ3) is 6.52. The molecule has 2 heteroatoms. The Morgan fingerprint density at radius 2 is 2.12 bits per heavy atom. The summed E-state index contributed by atoms with van der Waals surface area (Å²) in [6.45, 7) is 6.48. The minimum Gasteiger partial charge on any atom is -0.299 e. The Kier molecular flexibility index (Phi) is 6.35. The summed E-state index contributed by atoms with van der Waals surface area (Å²) in [6.07, 6.45) is 2.92. The zero-order valence-electron chi connectivity index (χ0n) is 11.0. The van der Waals surface area contributed by atoms with Crippen LogP contribution in [0.5, 0.6) is 0 Å². The lowest BCUT2D eigenvalue weighted by Gasteiger charge is -2.04. The van der Waals surface area contributed by atoms with E-state index in [1.807, 2.05) is 6.07 Å². The van der Waals surface area contributed by atoms with Crippen molar-refractivity contribution in [2.75, 3.05) is 5.75 Å². The molecule has 0 saturated heterocycles. The Morgan fingerprint density at radius 1 is 1.35 bits per heavy atom. The van der Waals surface area contributed by atoms with Gasteiger partial charge in [-0.2, -0.15) is 0 Å². The van der Waals surface area contributed by atoms with Gasteiger partial charge in [-0.05, 0) is 31.4 Å². The highest BCUT2D eigenvalue weighted by Gasteiger charge is 2.04. The second-order valence-electron chi connectivity index (χ2n) is 4.93. The quantitative estimate of drug-likeness (QED) is 0.664. The van der Waals surface area contributed by atoms with Crippen molar-refractivity contribution in [2.24, 2.45) is 5.92 Å². The fourth-order valence-electron chi connectivity index (χ4n) is 1.65. The largest absolute Gasteiger partial charge is 0.299 e. The number of carbonyl (C=O) groups excluding carboxylic acids is 1. The number of ketones is 1. The van der Waals surface area contributed by atoms with E-state index in [2.05, 4.69) is 39.0 Å². The highest BCUT2D eigenvalue weighted by Crippen LogP contribution is 2.19. The summed E-state index contributed by atoms with van der Waals surface area (Å²) in [5.41, 5.74) is 1.25. The van der Waals surface area contributed by atoms with Gasteiger partial charge in [0.1, 0.15) is 5.78 Å². The Labute approximate surface area is 109 Å². The molecule has 0 radical (unpaired) electrons. The number of hydrogen-bond donors (Lipinski definition) is 0. The molecule has 0 bridgehead atoms. The molecular formula is C15H22OS. The fourth-order valence-corrected chi connectivity index (χ4v) is 2.56. The molecule has 0 aliphatic carbocycles. The van der Waals surface area contributed by atoms with E-state index >= 15 is 0 Å². The van der Waals surface area contributed by atoms with Crippen molar-refractivity contribution in [3.8, 4) is 0 Å². The van der Waals surface area contributed by atoms with E-state index in [1.54, 1.807) is 11.8 Å². The number of Topliss-reactive ketones (excluding diaryl/α,β-unsaturated/α-hetero) is 1. The highest BCUT2D eigenvalue weighted by atomic mass is 32.2. The summed E-state index contributed by atoms with van der Waals surface area (Å²) < 4.78 is 0. The molecule has 17 heavy (non-hydrogen) atoms. The lowest BCUT2D eigenvalue weighted by molar-refractivity contribution is -0.116. The number of thioether (sulfide) groups is 1. The Morgan fingerprint density at radius 3 is 2.76 bits per heavy atom. The van der Waals surface area contributed by atoms with Gasteiger partial charge in [-0.3, -0.25) is 4.79 Å². The standard InChI is InChI=1S/C15H22OS/c1-12(2)6-4-8-14(16)11-17-15-9-5-7-13(3)10-15/h5,7,9-10,12H,4,6,8,11H2,1-3H3. The average molecular weight is 250 g/mol. The van der Waals surface area contributed by atoms with E-state index in [4.69, 9.17) is 0 Å². The highest BCUT2D eigenvalue weighted by molar-refractivity contribution is 8.00. The molecule has 0 saturated carbocycles. The van der Waals surface area contributed by atoms with Gasteiger partial charge in [0.25, 0.3) is 0 Å². The zero-order valence-corrected chi connectivity index (χ0v) is 11.8. The Balaban J connectivity index is 2.24. The Hall–Kier alpha value is -0.760. The zero-order chi connectivity index (χ0) is 12.7. The molecule has 0 spiro atoms. The minimum atomic E-state index is 0.372. The molecule has 1 aromatic rings. The van der Waals surface area contributed by atoms with Crippen LogP contribution < -0.4 is 0 Å². The first-order valence-corrected chi connectivity index (χ1v) is 7.27. The summed E-state index contributed by atoms with van der Waals surface area (Å²) in [5, 5.41) is 0. The van der Waals surface area contributed by atoms with Crippen LogP contribution in [0.2, 0.25) is 0 Å². The Bertz CT molecular complexity index is 358. The van der Waals surface area contributed by atoms with Gasteiger partial charge in [-0.25, -0.2) is 0 Å². The molecular weight excluding hydrogens is 228 g/mol. The predicted molar refractivity (Wildman–Crippen MR) is 75.6 cm³/mol. The number of rotatable bonds is 7. The first-order valence-electron chi connectivity index (χ1n) is 6.29. The summed E-state index contributed by atoms with van der Waals surface area (Å²) in [6, 6.07) is 8.32. The molecule has 0 N–H and O–H groups in total. The van der Waals surface area contributed by atoms with Gasteiger partial charge in [-0.15, -0.1) is 11.8 Å². The fraction of sp³-hybridized carbons (Fsp3) is 0.533. The van der Waals surface area contributed by atoms with E-state index in [-0.39, 0.29) is 0 Å². The molecule has 0 fully saturated rings. The van der Waals surface area contributed by atoms with Gasteiger partial charge >= 0.3 is 0 Å². The van der Waals surface area contributed by atoms with Crippen LogP contribution in [0.4, 0.5) is 0 Å². The maximum absolute atomic E-state index is 11.7. The number of hydrogen-bond acceptors (Lipinski definition) is 2. The van der Waals surface area contributed by atoms with E-state index in [1.165, 1.54) is 10.5 Å². The van der Waals surface area contributed by atoms with Crippen LogP contribution in [-0.4, -0.2) is 11.5 Å². The van der Waals surface area contributed by atoms with Gasteiger partial charge in [-0.1, -0.05) is 38.0 Å². The molecule has 1 aromatic carbocycles. The van der Waals surface area contributed by atoms with Crippen molar-refractivity contribution in [3.63, 3.8) is 0 Å². The molecule has 0 unspecified atom stereocenters.